The molecule has 3 nitrogen and oxygen atoms in total. The summed E-state index contributed by atoms with van der Waals surface area (Å²) in [6.07, 6.45) is 3.52. The number of aromatic nitrogens is 1. The molecule has 1 aliphatic rings. The molecule has 0 atom stereocenters. The van der Waals surface area contributed by atoms with Crippen LogP contribution in [-0.4, -0.2) is 24.4 Å². The summed E-state index contributed by atoms with van der Waals surface area (Å²) in [6, 6.07) is 10.0. The Morgan fingerprint density at radius 1 is 1.23 bits per heavy atom. The molecule has 4 rings (SSSR count). The van der Waals surface area contributed by atoms with Crippen LogP contribution >= 0.6 is 15.9 Å². The first-order chi connectivity index (χ1) is 14.5. The molecule has 1 fully saturated rings. The number of hydrogen-bond acceptors (Lipinski definition) is 2. The number of benzene rings is 2. The highest BCUT2D eigenvalue weighted by Gasteiger charge is 2.34. The lowest BCUT2D eigenvalue weighted by Gasteiger charge is -2.36. The van der Waals surface area contributed by atoms with Crippen LogP contribution in [0.2, 0.25) is 0 Å². The minimum absolute atomic E-state index is 0.271. The van der Waals surface area contributed by atoms with Gasteiger partial charge in [0, 0.05) is 15.9 Å². The fourth-order valence-electron chi connectivity index (χ4n) is 3.95. The Morgan fingerprint density at radius 3 is 2.67 bits per heavy atom. The van der Waals surface area contributed by atoms with E-state index in [1.54, 1.807) is 18.2 Å². The topological polar surface area (TPSA) is 37.0 Å². The lowest BCUT2D eigenvalue weighted by Crippen LogP contribution is -2.41. The summed E-state index contributed by atoms with van der Waals surface area (Å²) in [5.41, 5.74) is 4.11. The van der Waals surface area contributed by atoms with Crippen LogP contribution in [-0.2, 0) is 4.74 Å². The standard InChI is InChI=1S/C24H23BrF2N2O/c1-3-14(2)12-30-13-28-19-8-16(9-19)22-20-10-17(25)11-21(27)24(20)29-23(22)15-4-6-18(26)7-5-15/h3-7,10-11,16,19,28-29H,1-2,8-9,12-13H2. The summed E-state index contributed by atoms with van der Waals surface area (Å²) in [5, 5.41) is 4.25. The highest BCUT2D eigenvalue weighted by Crippen LogP contribution is 2.46. The van der Waals surface area contributed by atoms with Crippen molar-refractivity contribution >= 4 is 26.8 Å². The molecule has 6 heteroatoms. The van der Waals surface area contributed by atoms with Crippen molar-refractivity contribution in [2.45, 2.75) is 24.8 Å². The first kappa shape index (κ1) is 21.0. The molecule has 0 amide bonds. The molecule has 1 saturated carbocycles. The van der Waals surface area contributed by atoms with Gasteiger partial charge >= 0.3 is 0 Å². The molecule has 3 aromatic rings. The van der Waals surface area contributed by atoms with Crippen LogP contribution in [0.15, 0.2) is 65.7 Å². The molecule has 0 radical (unpaired) electrons. The summed E-state index contributed by atoms with van der Waals surface area (Å²) in [7, 11) is 0. The molecule has 0 saturated heterocycles. The molecule has 2 aromatic carbocycles. The molecule has 30 heavy (non-hydrogen) atoms. The van der Waals surface area contributed by atoms with Gasteiger partial charge in [-0.25, -0.2) is 8.78 Å². The van der Waals surface area contributed by atoms with E-state index >= 15 is 0 Å². The number of nitrogens with one attached hydrogen (secondary N) is 2. The summed E-state index contributed by atoms with van der Waals surface area (Å²) in [4.78, 5) is 3.25. The first-order valence-corrected chi connectivity index (χ1v) is 10.6. The molecular weight excluding hydrogens is 450 g/mol. The van der Waals surface area contributed by atoms with Crippen LogP contribution in [0.1, 0.15) is 24.3 Å². The minimum Gasteiger partial charge on any atom is -0.362 e. The highest BCUT2D eigenvalue weighted by molar-refractivity contribution is 9.10. The second kappa shape index (κ2) is 8.84. The third-order valence-electron chi connectivity index (χ3n) is 5.59. The number of rotatable bonds is 8. The van der Waals surface area contributed by atoms with Gasteiger partial charge in [0.05, 0.1) is 24.5 Å². The SMILES string of the molecule is C=CC(=C)COCNC1CC(c2c(-c3ccc(F)cc3)[nH]c3c(F)cc(Br)cc23)C1. The lowest BCUT2D eigenvalue weighted by molar-refractivity contribution is 0.111. The summed E-state index contributed by atoms with van der Waals surface area (Å²) >= 11 is 3.41. The number of H-pyrrole nitrogens is 1. The fourth-order valence-corrected chi connectivity index (χ4v) is 4.38. The number of fused-ring (bicyclic) bond motifs is 1. The van der Waals surface area contributed by atoms with Crippen LogP contribution in [0.25, 0.3) is 22.2 Å². The molecule has 0 aliphatic heterocycles. The number of halogens is 3. The van der Waals surface area contributed by atoms with Gasteiger partial charge in [-0.15, -0.1) is 0 Å². The van der Waals surface area contributed by atoms with Gasteiger partial charge in [-0.1, -0.05) is 35.2 Å². The quantitative estimate of drug-likeness (QED) is 0.225. The van der Waals surface area contributed by atoms with Crippen molar-refractivity contribution in [2.75, 3.05) is 13.3 Å². The molecule has 0 spiro atoms. The fraction of sp³-hybridized carbons (Fsp3) is 0.250. The average molecular weight is 473 g/mol. The van der Waals surface area contributed by atoms with Gasteiger partial charge in [-0.2, -0.15) is 0 Å². The summed E-state index contributed by atoms with van der Waals surface area (Å²) in [6.45, 7) is 8.39. The second-order valence-corrected chi connectivity index (χ2v) is 8.57. The zero-order valence-corrected chi connectivity index (χ0v) is 18.1. The molecule has 1 aromatic heterocycles. The normalized spacial score (nSPS) is 18.4. The Balaban J connectivity index is 1.56. The Labute approximate surface area is 183 Å². The van der Waals surface area contributed by atoms with E-state index in [9.17, 15) is 8.78 Å². The van der Waals surface area contributed by atoms with E-state index in [1.807, 2.05) is 6.07 Å². The molecule has 1 heterocycles. The first-order valence-electron chi connectivity index (χ1n) is 9.84. The maximum Gasteiger partial charge on any atom is 0.148 e. The smallest absolute Gasteiger partial charge is 0.148 e. The van der Waals surface area contributed by atoms with Crippen molar-refractivity contribution in [2.24, 2.45) is 0 Å². The van der Waals surface area contributed by atoms with Crippen molar-refractivity contribution in [1.82, 2.24) is 10.3 Å². The van der Waals surface area contributed by atoms with Gasteiger partial charge in [0.2, 0.25) is 0 Å². The van der Waals surface area contributed by atoms with E-state index < -0.39 is 0 Å². The van der Waals surface area contributed by atoms with Crippen molar-refractivity contribution < 1.29 is 13.5 Å². The Morgan fingerprint density at radius 2 is 1.97 bits per heavy atom. The zero-order chi connectivity index (χ0) is 21.3. The predicted octanol–water partition coefficient (Wildman–Crippen LogP) is 6.43. The van der Waals surface area contributed by atoms with Gasteiger partial charge in [-0.05, 0) is 71.9 Å². The molecule has 0 bridgehead atoms. The van der Waals surface area contributed by atoms with Gasteiger partial charge in [-0.3, -0.25) is 5.32 Å². The van der Waals surface area contributed by atoms with E-state index in [-0.39, 0.29) is 17.6 Å². The van der Waals surface area contributed by atoms with Crippen LogP contribution in [0.3, 0.4) is 0 Å². The van der Waals surface area contributed by atoms with E-state index in [4.69, 9.17) is 4.74 Å². The van der Waals surface area contributed by atoms with Crippen LogP contribution in [0.4, 0.5) is 8.78 Å². The van der Waals surface area contributed by atoms with Crippen LogP contribution < -0.4 is 5.32 Å². The number of ether oxygens (including phenoxy) is 1. The maximum atomic E-state index is 14.6. The van der Waals surface area contributed by atoms with Gasteiger partial charge in [0.1, 0.15) is 11.6 Å². The maximum absolute atomic E-state index is 14.6. The largest absolute Gasteiger partial charge is 0.362 e. The average Bonchev–Trinajstić information content (AvgIpc) is 3.06. The van der Waals surface area contributed by atoms with Crippen molar-refractivity contribution in [1.29, 1.82) is 0 Å². The molecular formula is C24H23BrF2N2O. The Kier molecular flexibility index (Phi) is 6.18. The van der Waals surface area contributed by atoms with E-state index in [0.717, 1.165) is 40.6 Å². The van der Waals surface area contributed by atoms with Crippen molar-refractivity contribution in [3.63, 3.8) is 0 Å². The van der Waals surface area contributed by atoms with Crippen molar-refractivity contribution in [3.05, 3.63) is 82.9 Å². The van der Waals surface area contributed by atoms with Crippen molar-refractivity contribution in [3.8, 4) is 11.3 Å². The summed E-state index contributed by atoms with van der Waals surface area (Å²) in [5.74, 6) is -0.329. The lowest BCUT2D eigenvalue weighted by atomic mass is 9.74. The monoisotopic (exact) mass is 472 g/mol. The molecule has 156 valence electrons. The molecule has 0 unspecified atom stereocenters. The van der Waals surface area contributed by atoms with Gasteiger partial charge in [0.15, 0.2) is 0 Å². The van der Waals surface area contributed by atoms with Crippen LogP contribution in [0, 0.1) is 11.6 Å². The third-order valence-corrected chi connectivity index (χ3v) is 6.05. The number of aromatic amines is 1. The van der Waals surface area contributed by atoms with E-state index in [0.29, 0.717) is 29.4 Å². The van der Waals surface area contributed by atoms with Crippen LogP contribution in [0.5, 0.6) is 0 Å². The van der Waals surface area contributed by atoms with E-state index in [1.165, 1.54) is 18.2 Å². The third kappa shape index (κ3) is 4.26. The van der Waals surface area contributed by atoms with E-state index in [2.05, 4.69) is 39.4 Å². The number of hydrogen-bond donors (Lipinski definition) is 2. The summed E-state index contributed by atoms with van der Waals surface area (Å²) < 4.78 is 34.3. The molecule has 1 aliphatic carbocycles. The van der Waals surface area contributed by atoms with Gasteiger partial charge < -0.3 is 9.72 Å². The molecule has 2 N–H and O–H groups in total. The zero-order valence-electron chi connectivity index (χ0n) is 16.5. The Hall–Kier alpha value is -2.28. The predicted molar refractivity (Wildman–Crippen MR) is 120 cm³/mol. The Bertz CT molecular complexity index is 1080. The second-order valence-electron chi connectivity index (χ2n) is 7.66. The highest BCUT2D eigenvalue weighted by atomic mass is 79.9. The van der Waals surface area contributed by atoms with Gasteiger partial charge in [0.25, 0.3) is 0 Å². The minimum atomic E-state index is -0.307.